The van der Waals surface area contributed by atoms with Gasteiger partial charge in [-0.2, -0.15) is 0 Å². The number of ether oxygens (including phenoxy) is 1. The standard InChI is InChI=1S/C24H17BrFN3O4/c25-16-6-11-21(33-14-22(30)27-18-9-7-17(26)8-10-18)15(12-16)13-20-23(31)28-29(24(20)32)19-4-2-1-3-5-19/h1-13H,14H2,(H,27,30)(H,28,31)/b20-13-. The third-order valence-electron chi connectivity index (χ3n) is 4.66. The summed E-state index contributed by atoms with van der Waals surface area (Å²) in [6, 6.07) is 19.1. The van der Waals surface area contributed by atoms with Crippen LogP contribution in [0.1, 0.15) is 5.56 Å². The number of rotatable bonds is 6. The zero-order valence-electron chi connectivity index (χ0n) is 17.0. The molecule has 7 nitrogen and oxygen atoms in total. The first-order chi connectivity index (χ1) is 15.9. The van der Waals surface area contributed by atoms with Crippen molar-refractivity contribution in [2.75, 3.05) is 16.9 Å². The van der Waals surface area contributed by atoms with E-state index < -0.39 is 23.5 Å². The van der Waals surface area contributed by atoms with Gasteiger partial charge in [0.1, 0.15) is 17.1 Å². The number of hydrogen-bond donors (Lipinski definition) is 2. The van der Waals surface area contributed by atoms with Gasteiger partial charge in [-0.3, -0.25) is 19.8 Å². The van der Waals surface area contributed by atoms with Gasteiger partial charge in [-0.15, -0.1) is 0 Å². The lowest BCUT2D eigenvalue weighted by Gasteiger charge is -2.14. The Kier molecular flexibility index (Phi) is 6.50. The van der Waals surface area contributed by atoms with E-state index in [9.17, 15) is 18.8 Å². The van der Waals surface area contributed by atoms with Crippen molar-refractivity contribution in [3.05, 3.63) is 94.2 Å². The number of carbonyl (C=O) groups excluding carboxylic acids is 3. The molecule has 0 radical (unpaired) electrons. The van der Waals surface area contributed by atoms with Crippen molar-refractivity contribution in [3.63, 3.8) is 0 Å². The summed E-state index contributed by atoms with van der Waals surface area (Å²) in [7, 11) is 0. The van der Waals surface area contributed by atoms with Crippen LogP contribution in [-0.2, 0) is 14.4 Å². The predicted molar refractivity (Wildman–Crippen MR) is 125 cm³/mol. The number of benzene rings is 3. The van der Waals surface area contributed by atoms with E-state index in [0.29, 0.717) is 27.2 Å². The minimum atomic E-state index is -0.552. The monoisotopic (exact) mass is 509 g/mol. The fourth-order valence-corrected chi connectivity index (χ4v) is 3.49. The number of nitrogens with zero attached hydrogens (tertiary/aromatic N) is 1. The molecule has 0 atom stereocenters. The van der Waals surface area contributed by atoms with Gasteiger partial charge in [0, 0.05) is 15.7 Å². The summed E-state index contributed by atoms with van der Waals surface area (Å²) in [6.45, 7) is -0.328. The summed E-state index contributed by atoms with van der Waals surface area (Å²) in [4.78, 5) is 37.5. The number of para-hydroxylation sites is 1. The third kappa shape index (κ3) is 5.27. The van der Waals surface area contributed by atoms with Crippen LogP contribution in [0.2, 0.25) is 0 Å². The maximum atomic E-state index is 13.0. The van der Waals surface area contributed by atoms with Crippen LogP contribution in [-0.4, -0.2) is 24.3 Å². The van der Waals surface area contributed by atoms with E-state index in [4.69, 9.17) is 4.74 Å². The first-order valence-corrected chi connectivity index (χ1v) is 10.6. The lowest BCUT2D eigenvalue weighted by atomic mass is 10.1. The van der Waals surface area contributed by atoms with Crippen LogP contribution in [0.4, 0.5) is 15.8 Å². The molecule has 0 saturated carbocycles. The minimum Gasteiger partial charge on any atom is -0.483 e. The Hall–Kier alpha value is -3.98. The van der Waals surface area contributed by atoms with Crippen LogP contribution in [0.15, 0.2) is 82.8 Å². The highest BCUT2D eigenvalue weighted by Crippen LogP contribution is 2.28. The van der Waals surface area contributed by atoms with Gasteiger partial charge < -0.3 is 10.1 Å². The molecule has 2 N–H and O–H groups in total. The maximum Gasteiger partial charge on any atom is 0.282 e. The van der Waals surface area contributed by atoms with E-state index >= 15 is 0 Å². The predicted octanol–water partition coefficient (Wildman–Crippen LogP) is 4.07. The number of anilines is 2. The Morgan fingerprint density at radius 2 is 1.79 bits per heavy atom. The molecule has 0 aliphatic carbocycles. The van der Waals surface area contributed by atoms with Crippen molar-refractivity contribution in [2.24, 2.45) is 0 Å². The molecule has 1 heterocycles. The lowest BCUT2D eigenvalue weighted by Crippen LogP contribution is -2.35. The molecule has 0 unspecified atom stereocenters. The minimum absolute atomic E-state index is 0.0717. The van der Waals surface area contributed by atoms with Crippen molar-refractivity contribution in [1.82, 2.24) is 5.43 Å². The summed E-state index contributed by atoms with van der Waals surface area (Å²) in [5, 5.41) is 3.77. The van der Waals surface area contributed by atoms with E-state index in [1.54, 1.807) is 48.5 Å². The van der Waals surface area contributed by atoms with Crippen LogP contribution in [0, 0.1) is 5.82 Å². The Morgan fingerprint density at radius 1 is 1.06 bits per heavy atom. The lowest BCUT2D eigenvalue weighted by molar-refractivity contribution is -0.118. The van der Waals surface area contributed by atoms with Crippen LogP contribution >= 0.6 is 15.9 Å². The van der Waals surface area contributed by atoms with E-state index in [1.807, 2.05) is 0 Å². The van der Waals surface area contributed by atoms with E-state index in [1.165, 1.54) is 35.4 Å². The van der Waals surface area contributed by atoms with E-state index in [2.05, 4.69) is 26.7 Å². The summed E-state index contributed by atoms with van der Waals surface area (Å²) >= 11 is 3.36. The molecule has 1 aliphatic rings. The van der Waals surface area contributed by atoms with Crippen molar-refractivity contribution in [1.29, 1.82) is 0 Å². The SMILES string of the molecule is O=C(COc1ccc(Br)cc1/C=C1/C(=O)NN(c2ccccc2)C1=O)Nc1ccc(F)cc1. The quantitative estimate of drug-likeness (QED) is 0.387. The van der Waals surface area contributed by atoms with Crippen molar-refractivity contribution in [2.45, 2.75) is 0 Å². The van der Waals surface area contributed by atoms with Crippen molar-refractivity contribution >= 4 is 51.1 Å². The second-order valence-corrected chi connectivity index (χ2v) is 7.92. The van der Waals surface area contributed by atoms with Crippen molar-refractivity contribution in [3.8, 4) is 5.75 Å². The summed E-state index contributed by atoms with van der Waals surface area (Å²) < 4.78 is 19.3. The molecule has 0 aromatic heterocycles. The average molecular weight is 510 g/mol. The number of halogens is 2. The highest BCUT2D eigenvalue weighted by molar-refractivity contribution is 9.10. The molecule has 3 aromatic carbocycles. The van der Waals surface area contributed by atoms with Gasteiger partial charge in [-0.05, 0) is 60.7 Å². The molecule has 33 heavy (non-hydrogen) atoms. The smallest absolute Gasteiger partial charge is 0.282 e. The Labute approximate surface area is 197 Å². The van der Waals surface area contributed by atoms with Gasteiger partial charge in [0.25, 0.3) is 17.7 Å². The highest BCUT2D eigenvalue weighted by Gasteiger charge is 2.34. The number of hydrazine groups is 1. The molecular formula is C24H17BrFN3O4. The molecule has 3 amide bonds. The van der Waals surface area contributed by atoms with Crippen molar-refractivity contribution < 1.29 is 23.5 Å². The van der Waals surface area contributed by atoms with Gasteiger partial charge in [-0.25, -0.2) is 9.40 Å². The second-order valence-electron chi connectivity index (χ2n) is 7.00. The Bertz CT molecular complexity index is 1250. The average Bonchev–Trinajstić information content (AvgIpc) is 3.09. The van der Waals surface area contributed by atoms with Gasteiger partial charge in [0.15, 0.2) is 6.61 Å². The molecule has 9 heteroatoms. The first kappa shape index (κ1) is 22.2. The van der Waals surface area contributed by atoms with Gasteiger partial charge in [-0.1, -0.05) is 34.1 Å². The van der Waals surface area contributed by atoms with Gasteiger partial charge >= 0.3 is 0 Å². The molecule has 166 valence electrons. The molecule has 1 fully saturated rings. The molecule has 1 aliphatic heterocycles. The molecule has 1 saturated heterocycles. The second kappa shape index (κ2) is 9.66. The molecule has 0 bridgehead atoms. The summed E-state index contributed by atoms with van der Waals surface area (Å²) in [5.41, 5.74) is 3.86. The fourth-order valence-electron chi connectivity index (χ4n) is 3.11. The van der Waals surface area contributed by atoms with Crippen LogP contribution in [0.3, 0.4) is 0 Å². The Balaban J connectivity index is 1.51. The van der Waals surface area contributed by atoms with Crippen LogP contribution in [0.5, 0.6) is 5.75 Å². The Morgan fingerprint density at radius 3 is 2.52 bits per heavy atom. The number of amides is 3. The topological polar surface area (TPSA) is 87.7 Å². The maximum absolute atomic E-state index is 13.0. The highest BCUT2D eigenvalue weighted by atomic mass is 79.9. The van der Waals surface area contributed by atoms with Gasteiger partial charge in [0.2, 0.25) is 0 Å². The summed E-state index contributed by atoms with van der Waals surface area (Å²) in [5.74, 6) is -1.62. The molecule has 0 spiro atoms. The van der Waals surface area contributed by atoms with Crippen LogP contribution in [0.25, 0.3) is 6.08 Å². The largest absolute Gasteiger partial charge is 0.483 e. The summed E-state index contributed by atoms with van der Waals surface area (Å²) in [6.07, 6.45) is 1.42. The zero-order valence-corrected chi connectivity index (χ0v) is 18.6. The van der Waals surface area contributed by atoms with Gasteiger partial charge in [0.05, 0.1) is 5.69 Å². The van der Waals surface area contributed by atoms with E-state index in [0.717, 1.165) is 0 Å². The third-order valence-corrected chi connectivity index (χ3v) is 5.16. The molecule has 4 rings (SSSR count). The number of nitrogens with one attached hydrogen (secondary N) is 2. The zero-order chi connectivity index (χ0) is 23.4. The van der Waals surface area contributed by atoms with Crippen LogP contribution < -0.4 is 20.5 Å². The normalized spacial score (nSPS) is 14.4. The first-order valence-electron chi connectivity index (χ1n) is 9.80. The fraction of sp³-hybridized carbons (Fsp3) is 0.0417. The molecule has 3 aromatic rings. The van der Waals surface area contributed by atoms with E-state index in [-0.39, 0.29) is 12.2 Å². The number of hydrogen-bond acceptors (Lipinski definition) is 4. The number of carbonyl (C=O) groups is 3. The molecular weight excluding hydrogens is 493 g/mol.